The summed E-state index contributed by atoms with van der Waals surface area (Å²) in [5.74, 6) is -2.68. The fourth-order valence-electron chi connectivity index (χ4n) is 0.947. The Hall–Kier alpha value is -1.64. The van der Waals surface area contributed by atoms with E-state index in [4.69, 9.17) is 5.11 Å². The standard InChI is InChI=1S/C10H9FO2/c1-7-4-2-3-5-8(7)6-9(11)10(12)13/h2-6H,1H3,(H,12,13)/b9-6-. The first-order valence-corrected chi connectivity index (χ1v) is 3.77. The summed E-state index contributed by atoms with van der Waals surface area (Å²) >= 11 is 0. The van der Waals surface area contributed by atoms with Crippen LogP contribution in [0.3, 0.4) is 0 Å². The molecule has 0 saturated carbocycles. The van der Waals surface area contributed by atoms with E-state index in [9.17, 15) is 9.18 Å². The summed E-state index contributed by atoms with van der Waals surface area (Å²) in [5, 5.41) is 8.29. The average Bonchev–Trinajstić information content (AvgIpc) is 2.08. The lowest BCUT2D eigenvalue weighted by atomic mass is 10.1. The van der Waals surface area contributed by atoms with E-state index < -0.39 is 11.8 Å². The lowest BCUT2D eigenvalue weighted by Crippen LogP contribution is -1.94. The minimum atomic E-state index is -1.54. The molecule has 0 amide bonds. The Balaban J connectivity index is 3.04. The van der Waals surface area contributed by atoms with Gasteiger partial charge in [0.1, 0.15) is 0 Å². The van der Waals surface area contributed by atoms with Crippen LogP contribution in [0.15, 0.2) is 30.1 Å². The van der Waals surface area contributed by atoms with Crippen molar-refractivity contribution in [3.63, 3.8) is 0 Å². The third kappa shape index (κ3) is 2.40. The molecule has 68 valence electrons. The maximum Gasteiger partial charge on any atom is 0.364 e. The van der Waals surface area contributed by atoms with Crippen LogP contribution in [0, 0.1) is 6.92 Å². The predicted molar refractivity (Wildman–Crippen MR) is 47.9 cm³/mol. The van der Waals surface area contributed by atoms with Gasteiger partial charge in [0, 0.05) is 0 Å². The summed E-state index contributed by atoms with van der Waals surface area (Å²) < 4.78 is 12.7. The van der Waals surface area contributed by atoms with E-state index in [1.54, 1.807) is 25.1 Å². The van der Waals surface area contributed by atoms with Crippen LogP contribution in [0.4, 0.5) is 4.39 Å². The van der Waals surface area contributed by atoms with Crippen LogP contribution in [0.2, 0.25) is 0 Å². The highest BCUT2D eigenvalue weighted by molar-refractivity contribution is 5.89. The fraction of sp³-hybridized carbons (Fsp3) is 0.100. The van der Waals surface area contributed by atoms with Crippen molar-refractivity contribution in [3.05, 3.63) is 41.2 Å². The number of carbonyl (C=O) groups is 1. The van der Waals surface area contributed by atoms with Gasteiger partial charge < -0.3 is 5.11 Å². The SMILES string of the molecule is Cc1ccccc1/C=C(\F)C(=O)O. The van der Waals surface area contributed by atoms with Crippen molar-refractivity contribution >= 4 is 12.0 Å². The Morgan fingerprint density at radius 1 is 1.46 bits per heavy atom. The summed E-state index contributed by atoms with van der Waals surface area (Å²) in [7, 11) is 0. The molecule has 0 aliphatic rings. The second kappa shape index (κ2) is 3.85. The first-order chi connectivity index (χ1) is 6.11. The molecule has 1 rings (SSSR count). The predicted octanol–water partition coefficient (Wildman–Crippen LogP) is 2.39. The van der Waals surface area contributed by atoms with Gasteiger partial charge in [-0.15, -0.1) is 0 Å². The van der Waals surface area contributed by atoms with Gasteiger partial charge in [0.25, 0.3) is 0 Å². The molecule has 0 saturated heterocycles. The first-order valence-electron chi connectivity index (χ1n) is 3.77. The quantitative estimate of drug-likeness (QED) is 0.709. The molecule has 0 bridgehead atoms. The van der Waals surface area contributed by atoms with Crippen molar-refractivity contribution in [2.45, 2.75) is 6.92 Å². The summed E-state index contributed by atoms with van der Waals surface area (Å²) in [5.41, 5.74) is 1.43. The third-order valence-corrected chi connectivity index (χ3v) is 1.67. The van der Waals surface area contributed by atoms with Gasteiger partial charge in [0.2, 0.25) is 5.83 Å². The summed E-state index contributed by atoms with van der Waals surface area (Å²) in [4.78, 5) is 10.2. The van der Waals surface area contributed by atoms with Crippen molar-refractivity contribution in [3.8, 4) is 0 Å². The molecular formula is C10H9FO2. The molecule has 1 aromatic rings. The smallest absolute Gasteiger partial charge is 0.364 e. The van der Waals surface area contributed by atoms with Crippen LogP contribution in [0.5, 0.6) is 0 Å². The molecule has 0 aliphatic heterocycles. The van der Waals surface area contributed by atoms with Crippen molar-refractivity contribution in [2.24, 2.45) is 0 Å². The van der Waals surface area contributed by atoms with Gasteiger partial charge in [-0.2, -0.15) is 4.39 Å². The Labute approximate surface area is 75.3 Å². The second-order valence-corrected chi connectivity index (χ2v) is 2.65. The summed E-state index contributed by atoms with van der Waals surface area (Å²) in [6.45, 7) is 1.79. The van der Waals surface area contributed by atoms with Crippen LogP contribution in [0.25, 0.3) is 6.08 Å². The van der Waals surface area contributed by atoms with Crippen LogP contribution >= 0.6 is 0 Å². The molecule has 13 heavy (non-hydrogen) atoms. The van der Waals surface area contributed by atoms with E-state index in [1.807, 2.05) is 6.07 Å². The molecule has 0 unspecified atom stereocenters. The number of aliphatic carboxylic acids is 1. The van der Waals surface area contributed by atoms with E-state index in [1.165, 1.54) is 0 Å². The van der Waals surface area contributed by atoms with Gasteiger partial charge in [-0.05, 0) is 24.1 Å². The Morgan fingerprint density at radius 3 is 2.62 bits per heavy atom. The van der Waals surface area contributed by atoms with E-state index in [-0.39, 0.29) is 0 Å². The topological polar surface area (TPSA) is 37.3 Å². The van der Waals surface area contributed by atoms with Crippen molar-refractivity contribution < 1.29 is 14.3 Å². The molecule has 1 aromatic carbocycles. The molecule has 0 aromatic heterocycles. The normalized spacial score (nSPS) is 11.4. The number of benzene rings is 1. The number of halogens is 1. The molecule has 0 aliphatic carbocycles. The average molecular weight is 180 g/mol. The van der Waals surface area contributed by atoms with Gasteiger partial charge in [-0.25, -0.2) is 4.79 Å². The highest BCUT2D eigenvalue weighted by Gasteiger charge is 2.05. The number of carboxylic acids is 1. The first kappa shape index (κ1) is 9.45. The maximum absolute atomic E-state index is 12.7. The zero-order chi connectivity index (χ0) is 9.84. The van der Waals surface area contributed by atoms with Gasteiger partial charge in [-0.3, -0.25) is 0 Å². The number of hydrogen-bond acceptors (Lipinski definition) is 1. The summed E-state index contributed by atoms with van der Waals surface area (Å²) in [6.07, 6.45) is 1.01. The molecule has 1 N–H and O–H groups in total. The van der Waals surface area contributed by atoms with Crippen LogP contribution in [-0.4, -0.2) is 11.1 Å². The zero-order valence-electron chi connectivity index (χ0n) is 7.12. The van der Waals surface area contributed by atoms with Crippen molar-refractivity contribution in [1.29, 1.82) is 0 Å². The third-order valence-electron chi connectivity index (χ3n) is 1.67. The molecule has 0 fully saturated rings. The highest BCUT2D eigenvalue weighted by Crippen LogP contribution is 2.12. The number of aryl methyl sites for hydroxylation is 1. The zero-order valence-corrected chi connectivity index (χ0v) is 7.12. The highest BCUT2D eigenvalue weighted by atomic mass is 19.1. The van der Waals surface area contributed by atoms with Gasteiger partial charge in [-0.1, -0.05) is 24.3 Å². The molecule has 2 nitrogen and oxygen atoms in total. The number of carboxylic acid groups (broad SMARTS) is 1. The number of hydrogen-bond donors (Lipinski definition) is 1. The van der Waals surface area contributed by atoms with Gasteiger partial charge >= 0.3 is 5.97 Å². The van der Waals surface area contributed by atoms with Crippen LogP contribution in [0.1, 0.15) is 11.1 Å². The number of rotatable bonds is 2. The minimum absolute atomic E-state index is 0.586. The van der Waals surface area contributed by atoms with Gasteiger partial charge in [0.05, 0.1) is 0 Å². The maximum atomic E-state index is 12.7. The fourth-order valence-corrected chi connectivity index (χ4v) is 0.947. The minimum Gasteiger partial charge on any atom is -0.476 e. The Morgan fingerprint density at radius 2 is 2.08 bits per heavy atom. The monoisotopic (exact) mass is 180 g/mol. The molecule has 0 heterocycles. The van der Waals surface area contributed by atoms with Crippen LogP contribution in [-0.2, 0) is 4.79 Å². The Kier molecular flexibility index (Phi) is 2.80. The molecular weight excluding hydrogens is 171 g/mol. The van der Waals surface area contributed by atoms with Crippen LogP contribution < -0.4 is 0 Å². The van der Waals surface area contributed by atoms with Crippen molar-refractivity contribution in [1.82, 2.24) is 0 Å². The van der Waals surface area contributed by atoms with Crippen molar-refractivity contribution in [2.75, 3.05) is 0 Å². The Bertz CT molecular complexity index is 356. The van der Waals surface area contributed by atoms with Gasteiger partial charge in [0.15, 0.2) is 0 Å². The molecule has 0 radical (unpaired) electrons. The molecule has 0 atom stereocenters. The van der Waals surface area contributed by atoms with E-state index in [2.05, 4.69) is 0 Å². The second-order valence-electron chi connectivity index (χ2n) is 2.65. The molecule has 0 spiro atoms. The largest absolute Gasteiger partial charge is 0.476 e. The van der Waals surface area contributed by atoms with E-state index >= 15 is 0 Å². The van der Waals surface area contributed by atoms with E-state index in [0.717, 1.165) is 11.6 Å². The lowest BCUT2D eigenvalue weighted by Gasteiger charge is -1.97. The lowest BCUT2D eigenvalue weighted by molar-refractivity contribution is -0.134. The molecule has 3 heteroatoms. The summed E-state index contributed by atoms with van der Waals surface area (Å²) in [6, 6.07) is 7.00. The van der Waals surface area contributed by atoms with E-state index in [0.29, 0.717) is 5.56 Å².